The Morgan fingerprint density at radius 3 is 1.60 bits per heavy atom. The van der Waals surface area contributed by atoms with Gasteiger partial charge in [-0.1, -0.05) is 133 Å². The lowest BCUT2D eigenvalue weighted by Crippen LogP contribution is -2.06. The third-order valence-electron chi connectivity index (χ3n) is 11.2. The van der Waals surface area contributed by atoms with Crippen LogP contribution in [-0.4, -0.2) is 24.1 Å². The smallest absolute Gasteiger partial charge is 0.238 e. The van der Waals surface area contributed by atoms with E-state index in [1.807, 2.05) is 30.3 Å². The summed E-state index contributed by atoms with van der Waals surface area (Å²) >= 11 is 0. The van der Waals surface area contributed by atoms with Gasteiger partial charge in [0.2, 0.25) is 5.95 Å². The van der Waals surface area contributed by atoms with Gasteiger partial charge < -0.3 is 8.98 Å². The first-order valence-electron chi connectivity index (χ1n) is 19.1. The fourth-order valence-electron chi connectivity index (χ4n) is 8.62. The van der Waals surface area contributed by atoms with Crippen LogP contribution in [0.25, 0.3) is 111 Å². The van der Waals surface area contributed by atoms with Gasteiger partial charge in [0.15, 0.2) is 11.6 Å². The number of para-hydroxylation sites is 3. The summed E-state index contributed by atoms with van der Waals surface area (Å²) in [6.45, 7) is 0. The number of benzene rings is 8. The van der Waals surface area contributed by atoms with Crippen LogP contribution in [0.4, 0.5) is 0 Å². The van der Waals surface area contributed by atoms with Gasteiger partial charge in [0.25, 0.3) is 0 Å². The number of nitrogens with zero attached hydrogens (tertiary/aromatic N) is 5. The summed E-state index contributed by atoms with van der Waals surface area (Å²) in [6, 6.07) is 65.6. The zero-order chi connectivity index (χ0) is 37.5. The lowest BCUT2D eigenvalue weighted by atomic mass is 10.0. The number of aromatic nitrogens is 5. The van der Waals surface area contributed by atoms with Crippen LogP contribution < -0.4 is 0 Å². The first kappa shape index (κ1) is 31.5. The molecule has 0 unspecified atom stereocenters. The molecule has 12 aromatic rings. The van der Waals surface area contributed by atoms with Crippen molar-refractivity contribution in [2.75, 3.05) is 0 Å². The molecule has 0 amide bonds. The molecule has 57 heavy (non-hydrogen) atoms. The molecule has 0 fully saturated rings. The minimum Gasteiger partial charge on any atom is -0.456 e. The average Bonchev–Trinajstić information content (AvgIpc) is 3.94. The maximum absolute atomic E-state index is 6.70. The number of furan rings is 1. The summed E-state index contributed by atoms with van der Waals surface area (Å²) in [5, 5.41) is 6.80. The van der Waals surface area contributed by atoms with Crippen LogP contribution in [0.15, 0.2) is 192 Å². The third kappa shape index (κ3) is 4.87. The fourth-order valence-corrected chi connectivity index (χ4v) is 8.62. The molecule has 6 heteroatoms. The first-order valence-corrected chi connectivity index (χ1v) is 19.1. The predicted octanol–water partition coefficient (Wildman–Crippen LogP) is 13.0. The molecule has 0 aliphatic carbocycles. The Morgan fingerprint density at radius 2 is 0.895 bits per heavy atom. The van der Waals surface area contributed by atoms with Crippen molar-refractivity contribution in [1.29, 1.82) is 0 Å². The summed E-state index contributed by atoms with van der Waals surface area (Å²) < 4.78 is 11.2. The maximum Gasteiger partial charge on any atom is 0.238 e. The molecule has 0 bridgehead atoms. The van der Waals surface area contributed by atoms with Crippen molar-refractivity contribution in [3.63, 3.8) is 0 Å². The number of rotatable bonds is 5. The summed E-state index contributed by atoms with van der Waals surface area (Å²) in [7, 11) is 0. The van der Waals surface area contributed by atoms with Gasteiger partial charge in [-0.15, -0.1) is 0 Å². The summed E-state index contributed by atoms with van der Waals surface area (Å²) in [4.78, 5) is 15.4. The van der Waals surface area contributed by atoms with E-state index in [9.17, 15) is 0 Å². The van der Waals surface area contributed by atoms with E-state index in [1.54, 1.807) is 0 Å². The minimum absolute atomic E-state index is 0.560. The molecule has 0 aliphatic heterocycles. The molecule has 6 nitrogen and oxygen atoms in total. The van der Waals surface area contributed by atoms with Crippen molar-refractivity contribution in [2.45, 2.75) is 0 Å². The van der Waals surface area contributed by atoms with E-state index in [0.29, 0.717) is 17.6 Å². The summed E-state index contributed by atoms with van der Waals surface area (Å²) in [6.07, 6.45) is 0. The summed E-state index contributed by atoms with van der Waals surface area (Å²) in [5.74, 6) is 1.73. The largest absolute Gasteiger partial charge is 0.456 e. The first-order chi connectivity index (χ1) is 28.3. The van der Waals surface area contributed by atoms with Crippen LogP contribution in [0.3, 0.4) is 0 Å². The van der Waals surface area contributed by atoms with Gasteiger partial charge in [0.1, 0.15) is 11.2 Å². The fraction of sp³-hybridized carbons (Fsp3) is 0. The molecule has 0 N–H and O–H groups in total. The van der Waals surface area contributed by atoms with Gasteiger partial charge in [0, 0.05) is 38.1 Å². The van der Waals surface area contributed by atoms with E-state index < -0.39 is 0 Å². The van der Waals surface area contributed by atoms with E-state index in [2.05, 4.69) is 167 Å². The molecule has 0 atom stereocenters. The highest BCUT2D eigenvalue weighted by Gasteiger charge is 2.21. The van der Waals surface area contributed by atoms with E-state index in [-0.39, 0.29) is 0 Å². The highest BCUT2D eigenvalue weighted by atomic mass is 16.3. The molecule has 0 spiro atoms. The average molecular weight is 730 g/mol. The Morgan fingerprint density at radius 1 is 0.333 bits per heavy atom. The third-order valence-corrected chi connectivity index (χ3v) is 11.2. The zero-order valence-electron chi connectivity index (χ0n) is 30.5. The molecule has 12 rings (SSSR count). The van der Waals surface area contributed by atoms with Crippen LogP contribution >= 0.6 is 0 Å². The van der Waals surface area contributed by atoms with E-state index in [4.69, 9.17) is 19.4 Å². The minimum atomic E-state index is 0.560. The Balaban J connectivity index is 1.05. The predicted molar refractivity (Wildman–Crippen MR) is 232 cm³/mol. The van der Waals surface area contributed by atoms with Gasteiger partial charge in [-0.05, 0) is 65.7 Å². The van der Waals surface area contributed by atoms with Crippen molar-refractivity contribution in [3.8, 4) is 45.5 Å². The standard InChI is InChI=1S/C51H31N5O/c1-3-14-32(15-4-1)34-27-29-44-40(30-34)38-20-9-10-21-41(38)55(44)45-24-13-25-46-48(45)39-28-26-35(31-47(39)57-46)50-52-49(33-16-5-2-6-17-33)53-51(54-50)56-42-22-11-7-18-36(42)37-19-8-12-23-43(37)56/h1-31H. The van der Waals surface area contributed by atoms with E-state index >= 15 is 0 Å². The highest BCUT2D eigenvalue weighted by Crippen LogP contribution is 2.41. The van der Waals surface area contributed by atoms with Crippen molar-refractivity contribution in [1.82, 2.24) is 24.1 Å². The molecule has 0 saturated heterocycles. The van der Waals surface area contributed by atoms with Crippen molar-refractivity contribution in [2.24, 2.45) is 0 Å². The van der Waals surface area contributed by atoms with Crippen LogP contribution in [0.5, 0.6) is 0 Å². The number of hydrogen-bond donors (Lipinski definition) is 0. The van der Waals surface area contributed by atoms with Crippen molar-refractivity contribution < 1.29 is 4.42 Å². The second-order valence-electron chi connectivity index (χ2n) is 14.4. The van der Waals surface area contributed by atoms with Gasteiger partial charge in [0.05, 0.1) is 33.1 Å². The van der Waals surface area contributed by atoms with Crippen LogP contribution in [0.2, 0.25) is 0 Å². The van der Waals surface area contributed by atoms with Crippen LogP contribution in [0, 0.1) is 0 Å². The van der Waals surface area contributed by atoms with Gasteiger partial charge in [-0.3, -0.25) is 4.57 Å². The molecule has 0 saturated carbocycles. The Hall–Kier alpha value is -7.83. The molecular weight excluding hydrogens is 699 g/mol. The Labute approximate surface area is 326 Å². The molecule has 0 radical (unpaired) electrons. The number of fused-ring (bicyclic) bond motifs is 9. The zero-order valence-corrected chi connectivity index (χ0v) is 30.5. The molecule has 4 heterocycles. The van der Waals surface area contributed by atoms with Gasteiger partial charge in [-0.25, -0.2) is 4.98 Å². The molecular formula is C51H31N5O. The summed E-state index contributed by atoms with van der Waals surface area (Å²) in [5.41, 5.74) is 11.2. The Kier molecular flexibility index (Phi) is 6.83. The van der Waals surface area contributed by atoms with Crippen molar-refractivity contribution in [3.05, 3.63) is 188 Å². The SMILES string of the molecule is c1ccc(-c2ccc3c(c2)c2ccccc2n3-c2cccc3oc4cc(-c5nc(-c6ccccc6)nc(-n6c7ccccc7c7ccccc76)n5)ccc4c23)cc1. The second-order valence-corrected chi connectivity index (χ2v) is 14.4. The topological polar surface area (TPSA) is 61.7 Å². The van der Waals surface area contributed by atoms with Gasteiger partial charge >= 0.3 is 0 Å². The van der Waals surface area contributed by atoms with Gasteiger partial charge in [-0.2, -0.15) is 9.97 Å². The normalized spacial score (nSPS) is 11.9. The van der Waals surface area contributed by atoms with E-state index in [0.717, 1.165) is 71.6 Å². The monoisotopic (exact) mass is 729 g/mol. The van der Waals surface area contributed by atoms with E-state index in [1.165, 1.54) is 21.9 Å². The second kappa shape index (κ2) is 12.3. The Bertz CT molecular complexity index is 3470. The molecule has 8 aromatic carbocycles. The highest BCUT2D eigenvalue weighted by molar-refractivity contribution is 6.15. The molecule has 0 aliphatic rings. The molecule has 4 aromatic heterocycles. The quantitative estimate of drug-likeness (QED) is 0.177. The van der Waals surface area contributed by atoms with Crippen LogP contribution in [0.1, 0.15) is 0 Å². The lowest BCUT2D eigenvalue weighted by molar-refractivity contribution is 0.669. The van der Waals surface area contributed by atoms with Crippen molar-refractivity contribution >= 4 is 65.6 Å². The van der Waals surface area contributed by atoms with Crippen LogP contribution in [-0.2, 0) is 0 Å². The lowest BCUT2D eigenvalue weighted by Gasteiger charge is -2.11. The molecule has 266 valence electrons. The number of hydrogen-bond acceptors (Lipinski definition) is 4. The maximum atomic E-state index is 6.70.